The lowest BCUT2D eigenvalue weighted by Crippen LogP contribution is -2.42. The van der Waals surface area contributed by atoms with Gasteiger partial charge in [0.15, 0.2) is 6.04 Å². The molecule has 0 aliphatic rings. The van der Waals surface area contributed by atoms with E-state index in [-0.39, 0.29) is 5.02 Å². The zero-order valence-corrected chi connectivity index (χ0v) is 9.42. The summed E-state index contributed by atoms with van der Waals surface area (Å²) in [6, 6.07) is 2.75. The molecule has 1 amide bonds. The molecule has 0 aliphatic heterocycles. The highest BCUT2D eigenvalue weighted by Crippen LogP contribution is 2.24. The first-order valence-corrected chi connectivity index (χ1v) is 4.91. The van der Waals surface area contributed by atoms with Crippen LogP contribution in [0.3, 0.4) is 0 Å². The molecule has 7 heteroatoms. The molecule has 4 N–H and O–H groups in total. The van der Waals surface area contributed by atoms with Gasteiger partial charge in [-0.05, 0) is 18.2 Å². The molecule has 0 aliphatic carbocycles. The van der Waals surface area contributed by atoms with Crippen molar-refractivity contribution in [3.8, 4) is 0 Å². The van der Waals surface area contributed by atoms with E-state index in [9.17, 15) is 9.59 Å². The number of rotatable bonds is 3. The number of carboxylic acids is 1. The van der Waals surface area contributed by atoms with Gasteiger partial charge in [-0.3, -0.25) is 4.79 Å². The van der Waals surface area contributed by atoms with Gasteiger partial charge in [-0.2, -0.15) is 0 Å². The van der Waals surface area contributed by atoms with E-state index in [2.05, 4.69) is 5.32 Å². The van der Waals surface area contributed by atoms with E-state index in [0.29, 0.717) is 10.7 Å². The largest absolute Gasteiger partial charge is 0.480 e. The Morgan fingerprint density at radius 3 is 2.44 bits per heavy atom. The normalized spacial score (nSPS) is 11.9. The SMILES string of the molecule is NC(C(=O)O)C(=O)Nc1ccc(Cl)c(Cl)c1. The Morgan fingerprint density at radius 2 is 1.94 bits per heavy atom. The third kappa shape index (κ3) is 3.10. The van der Waals surface area contributed by atoms with E-state index in [1.807, 2.05) is 0 Å². The van der Waals surface area contributed by atoms with Gasteiger partial charge >= 0.3 is 5.97 Å². The number of carboxylic acid groups (broad SMARTS) is 1. The molecule has 16 heavy (non-hydrogen) atoms. The maximum atomic E-state index is 11.3. The number of hydrogen-bond acceptors (Lipinski definition) is 3. The minimum Gasteiger partial charge on any atom is -0.480 e. The molecule has 0 fully saturated rings. The van der Waals surface area contributed by atoms with Crippen molar-refractivity contribution in [2.45, 2.75) is 6.04 Å². The fourth-order valence-corrected chi connectivity index (χ4v) is 1.20. The number of aliphatic carboxylic acids is 1. The Kier molecular flexibility index (Phi) is 4.12. The molecule has 1 aromatic carbocycles. The number of anilines is 1. The molecule has 1 rings (SSSR count). The Hall–Kier alpha value is -1.30. The number of nitrogens with two attached hydrogens (primary N) is 1. The molecule has 0 bridgehead atoms. The van der Waals surface area contributed by atoms with Crippen LogP contribution in [0.25, 0.3) is 0 Å². The van der Waals surface area contributed by atoms with E-state index >= 15 is 0 Å². The summed E-state index contributed by atoms with van der Waals surface area (Å²) in [4.78, 5) is 21.7. The van der Waals surface area contributed by atoms with E-state index in [4.69, 9.17) is 34.0 Å². The highest BCUT2D eigenvalue weighted by Gasteiger charge is 2.21. The molecule has 0 saturated carbocycles. The summed E-state index contributed by atoms with van der Waals surface area (Å²) in [5.41, 5.74) is 5.43. The average Bonchev–Trinajstić information content (AvgIpc) is 2.22. The van der Waals surface area contributed by atoms with E-state index < -0.39 is 17.9 Å². The Bertz CT molecular complexity index is 437. The summed E-state index contributed by atoms with van der Waals surface area (Å²) in [6.45, 7) is 0. The highest BCUT2D eigenvalue weighted by molar-refractivity contribution is 6.42. The van der Waals surface area contributed by atoms with Crippen molar-refractivity contribution >= 4 is 40.8 Å². The summed E-state index contributed by atoms with van der Waals surface area (Å²) in [7, 11) is 0. The molecule has 0 heterocycles. The number of nitrogens with one attached hydrogen (secondary N) is 1. The Labute approximate surface area is 101 Å². The van der Waals surface area contributed by atoms with Gasteiger partial charge in [0.05, 0.1) is 10.0 Å². The molecule has 5 nitrogen and oxygen atoms in total. The van der Waals surface area contributed by atoms with Crippen LogP contribution in [0.5, 0.6) is 0 Å². The van der Waals surface area contributed by atoms with Crippen molar-refractivity contribution in [1.29, 1.82) is 0 Å². The summed E-state index contributed by atoms with van der Waals surface area (Å²) >= 11 is 11.4. The van der Waals surface area contributed by atoms with Crippen LogP contribution >= 0.6 is 23.2 Å². The van der Waals surface area contributed by atoms with Crippen molar-refractivity contribution in [2.75, 3.05) is 5.32 Å². The second-order valence-electron chi connectivity index (χ2n) is 2.93. The topological polar surface area (TPSA) is 92.4 Å². The number of amides is 1. The molecular formula is C9H8Cl2N2O3. The Morgan fingerprint density at radius 1 is 1.31 bits per heavy atom. The van der Waals surface area contributed by atoms with Crippen LogP contribution in [0.1, 0.15) is 0 Å². The fourth-order valence-electron chi connectivity index (χ4n) is 0.906. The first-order valence-electron chi connectivity index (χ1n) is 4.16. The van der Waals surface area contributed by atoms with Crippen molar-refractivity contribution in [2.24, 2.45) is 5.73 Å². The summed E-state index contributed by atoms with van der Waals surface area (Å²) in [5.74, 6) is -2.23. The number of benzene rings is 1. The van der Waals surface area contributed by atoms with Gasteiger partial charge in [-0.15, -0.1) is 0 Å². The van der Waals surface area contributed by atoms with Crippen molar-refractivity contribution in [3.05, 3.63) is 28.2 Å². The van der Waals surface area contributed by atoms with Gasteiger partial charge in [0.1, 0.15) is 0 Å². The van der Waals surface area contributed by atoms with Crippen LogP contribution in [-0.2, 0) is 9.59 Å². The lowest BCUT2D eigenvalue weighted by Gasteiger charge is -2.08. The van der Waals surface area contributed by atoms with Crippen LogP contribution in [0.4, 0.5) is 5.69 Å². The van der Waals surface area contributed by atoms with Gasteiger partial charge in [-0.1, -0.05) is 23.2 Å². The third-order valence-electron chi connectivity index (χ3n) is 1.74. The molecular weight excluding hydrogens is 255 g/mol. The smallest absolute Gasteiger partial charge is 0.330 e. The molecule has 86 valence electrons. The lowest BCUT2D eigenvalue weighted by molar-refractivity contribution is -0.141. The van der Waals surface area contributed by atoms with E-state index in [0.717, 1.165) is 0 Å². The van der Waals surface area contributed by atoms with Crippen LogP contribution in [0.2, 0.25) is 10.0 Å². The van der Waals surface area contributed by atoms with Crippen LogP contribution < -0.4 is 11.1 Å². The predicted octanol–water partition coefficient (Wildman–Crippen LogP) is 1.34. The lowest BCUT2D eigenvalue weighted by atomic mass is 10.2. The fraction of sp³-hybridized carbons (Fsp3) is 0.111. The molecule has 1 atom stereocenters. The number of hydrogen-bond donors (Lipinski definition) is 3. The molecule has 0 saturated heterocycles. The summed E-state index contributed by atoms with van der Waals surface area (Å²) < 4.78 is 0. The van der Waals surface area contributed by atoms with Gasteiger partial charge in [0.25, 0.3) is 5.91 Å². The zero-order chi connectivity index (χ0) is 12.3. The van der Waals surface area contributed by atoms with Crippen LogP contribution in [-0.4, -0.2) is 23.0 Å². The molecule has 0 spiro atoms. The minimum absolute atomic E-state index is 0.253. The summed E-state index contributed by atoms with van der Waals surface area (Å²) in [6.07, 6.45) is 0. The van der Waals surface area contributed by atoms with Crippen molar-refractivity contribution in [1.82, 2.24) is 0 Å². The number of carbonyl (C=O) groups excluding carboxylic acids is 1. The maximum Gasteiger partial charge on any atom is 0.330 e. The zero-order valence-electron chi connectivity index (χ0n) is 7.91. The van der Waals surface area contributed by atoms with Gasteiger partial charge in [-0.25, -0.2) is 4.79 Å². The third-order valence-corrected chi connectivity index (χ3v) is 2.47. The quantitative estimate of drug-likeness (QED) is 0.717. The highest BCUT2D eigenvalue weighted by atomic mass is 35.5. The predicted molar refractivity (Wildman–Crippen MR) is 60.7 cm³/mol. The Balaban J connectivity index is 2.77. The first-order chi connectivity index (χ1) is 7.41. The first kappa shape index (κ1) is 12.8. The van der Waals surface area contributed by atoms with E-state index in [1.54, 1.807) is 0 Å². The monoisotopic (exact) mass is 262 g/mol. The van der Waals surface area contributed by atoms with Crippen LogP contribution in [0, 0.1) is 0 Å². The minimum atomic E-state index is -1.62. The van der Waals surface area contributed by atoms with Gasteiger partial charge < -0.3 is 16.2 Å². The second-order valence-corrected chi connectivity index (χ2v) is 3.75. The van der Waals surface area contributed by atoms with Crippen molar-refractivity contribution < 1.29 is 14.7 Å². The second kappa shape index (κ2) is 5.16. The number of carbonyl (C=O) groups is 2. The van der Waals surface area contributed by atoms with Crippen molar-refractivity contribution in [3.63, 3.8) is 0 Å². The van der Waals surface area contributed by atoms with Crippen LogP contribution in [0.15, 0.2) is 18.2 Å². The van der Waals surface area contributed by atoms with E-state index in [1.165, 1.54) is 18.2 Å². The molecule has 0 aromatic heterocycles. The molecule has 1 aromatic rings. The standard InChI is InChI=1S/C9H8Cl2N2O3/c10-5-2-1-4(3-6(5)11)13-8(14)7(12)9(15)16/h1-3,7H,12H2,(H,13,14)(H,15,16). The number of halogens is 2. The average molecular weight is 263 g/mol. The molecule has 0 radical (unpaired) electrons. The summed E-state index contributed by atoms with van der Waals surface area (Å²) in [5, 5.41) is 11.4. The van der Waals surface area contributed by atoms with Gasteiger partial charge in [0.2, 0.25) is 0 Å². The molecule has 1 unspecified atom stereocenters. The maximum absolute atomic E-state index is 11.3. The van der Waals surface area contributed by atoms with Gasteiger partial charge in [0, 0.05) is 5.69 Å².